The molecule has 2 aliphatic rings. The van der Waals surface area contributed by atoms with Gasteiger partial charge in [0.2, 0.25) is 0 Å². The fraction of sp³-hybridized carbons (Fsp3) is 0.500. The van der Waals surface area contributed by atoms with Crippen LogP contribution in [0.3, 0.4) is 0 Å². The van der Waals surface area contributed by atoms with Gasteiger partial charge in [-0.1, -0.05) is 0 Å². The van der Waals surface area contributed by atoms with Gasteiger partial charge in [-0.3, -0.25) is 4.57 Å². The smallest absolute Gasteiger partial charge is 0.382 e. The van der Waals surface area contributed by atoms with Crippen molar-refractivity contribution in [3.8, 4) is 5.69 Å². The van der Waals surface area contributed by atoms with Crippen molar-refractivity contribution in [1.82, 2.24) is 9.55 Å². The number of thioether (sulfide) groups is 1. The summed E-state index contributed by atoms with van der Waals surface area (Å²) in [5.74, 6) is 0.451. The average Bonchev–Trinajstić information content (AvgIpc) is 2.69. The number of ether oxygens (including phenoxy) is 1. The van der Waals surface area contributed by atoms with E-state index in [9.17, 15) is 18.0 Å². The summed E-state index contributed by atoms with van der Waals surface area (Å²) < 4.78 is 42.7. The van der Waals surface area contributed by atoms with E-state index in [1.165, 1.54) is 27.7 Å². The molecule has 2 N–H and O–H groups in total. The van der Waals surface area contributed by atoms with Crippen molar-refractivity contribution in [2.24, 2.45) is 0 Å². The molecular weight excluding hydrogens is 339 g/mol. The number of imidazole rings is 1. The maximum Gasteiger partial charge on any atom is 0.411 e. The number of nitrogen functional groups attached to an aromatic ring is 1. The molecule has 10 heteroatoms. The summed E-state index contributed by atoms with van der Waals surface area (Å²) in [7, 11) is 0. The highest BCUT2D eigenvalue weighted by Crippen LogP contribution is 2.36. The Hall–Kier alpha value is -1.26. The van der Waals surface area contributed by atoms with Crippen LogP contribution in [0.5, 0.6) is 0 Å². The van der Waals surface area contributed by atoms with Gasteiger partial charge in [-0.15, -0.1) is 23.1 Å². The van der Waals surface area contributed by atoms with Crippen LogP contribution in [0.1, 0.15) is 10.6 Å². The molecule has 0 saturated heterocycles. The summed E-state index contributed by atoms with van der Waals surface area (Å²) in [5, 5.41) is 0. The molecule has 0 saturated carbocycles. The quantitative estimate of drug-likeness (QED) is 0.661. The van der Waals surface area contributed by atoms with Crippen molar-refractivity contribution in [1.29, 1.82) is 0 Å². The van der Waals surface area contributed by atoms with Gasteiger partial charge in [0.05, 0.1) is 10.8 Å². The molecule has 0 unspecified atom stereocenters. The number of rotatable bonds is 5. The molecule has 0 radical (unpaired) electrons. The van der Waals surface area contributed by atoms with Crippen molar-refractivity contribution in [2.45, 2.75) is 24.2 Å². The average molecular weight is 353 g/mol. The molecule has 2 aliphatic heterocycles. The first-order chi connectivity index (χ1) is 10.2. The van der Waals surface area contributed by atoms with E-state index in [2.05, 4.69) is 9.72 Å². The van der Waals surface area contributed by atoms with Gasteiger partial charge in [-0.25, -0.2) is 4.79 Å². The van der Waals surface area contributed by atoms with Gasteiger partial charge in [-0.2, -0.15) is 18.2 Å². The molecule has 0 atom stereocenters. The molecule has 5 nitrogen and oxygen atoms in total. The van der Waals surface area contributed by atoms with Crippen LogP contribution < -0.4 is 11.4 Å². The summed E-state index contributed by atoms with van der Waals surface area (Å²) >= 11 is 2.73. The second-order valence-electron chi connectivity index (χ2n) is 4.51. The minimum absolute atomic E-state index is 0.0474. The number of halogens is 3. The second kappa shape index (κ2) is 6.47. The lowest BCUT2D eigenvalue weighted by Gasteiger charge is -2.14. The molecule has 22 heavy (non-hydrogen) atoms. The highest BCUT2D eigenvalue weighted by Gasteiger charge is 2.27. The third kappa shape index (κ3) is 3.73. The number of nitrogens with zero attached hydrogens (tertiary/aromatic N) is 2. The summed E-state index contributed by atoms with van der Waals surface area (Å²) in [5.41, 5.74) is 6.59. The summed E-state index contributed by atoms with van der Waals surface area (Å²) in [6.07, 6.45) is -4.33. The molecule has 0 fully saturated rings. The van der Waals surface area contributed by atoms with Gasteiger partial charge in [-0.05, 0) is 13.8 Å². The van der Waals surface area contributed by atoms with Gasteiger partial charge in [0, 0.05) is 16.3 Å². The van der Waals surface area contributed by atoms with Crippen molar-refractivity contribution in [3.05, 3.63) is 21.1 Å². The van der Waals surface area contributed by atoms with Crippen LogP contribution in [0, 0.1) is 13.8 Å². The number of alkyl halides is 3. The van der Waals surface area contributed by atoms with Crippen molar-refractivity contribution < 1.29 is 17.9 Å². The highest BCUT2D eigenvalue weighted by atomic mass is 32.2. The largest absolute Gasteiger partial charge is 0.411 e. The molecule has 0 aromatic rings. The summed E-state index contributed by atoms with van der Waals surface area (Å²) in [6.45, 7) is 2.34. The minimum Gasteiger partial charge on any atom is -0.382 e. The lowest BCUT2D eigenvalue weighted by molar-refractivity contribution is -0.172. The predicted octanol–water partition coefficient (Wildman–Crippen LogP) is 2.60. The molecule has 0 aromatic carbocycles. The normalized spacial score (nSPS) is 12.2. The molecule has 0 bridgehead atoms. The molecule has 2 heterocycles. The molecule has 2 rings (SSSR count). The molecule has 0 spiro atoms. The third-order valence-electron chi connectivity index (χ3n) is 2.88. The van der Waals surface area contributed by atoms with E-state index < -0.39 is 18.5 Å². The Morgan fingerprint density at radius 2 is 2.09 bits per heavy atom. The number of anilines is 1. The lowest BCUT2D eigenvalue weighted by Crippen LogP contribution is -2.18. The van der Waals surface area contributed by atoms with E-state index in [0.717, 1.165) is 14.8 Å². The Morgan fingerprint density at radius 3 is 2.73 bits per heavy atom. The first kappa shape index (κ1) is 17.1. The maximum atomic E-state index is 12.0. The van der Waals surface area contributed by atoms with Crippen molar-refractivity contribution >= 4 is 28.9 Å². The van der Waals surface area contributed by atoms with Crippen LogP contribution in [-0.4, -0.2) is 34.7 Å². The number of fused-ring (bicyclic) bond motifs is 1. The topological polar surface area (TPSA) is 70.1 Å². The first-order valence-corrected chi connectivity index (χ1v) is 8.06. The molecular formula is C12H14F3N3O2S2. The Balaban J connectivity index is 2.11. The SMILES string of the molecule is Cc1sc(SCCOCC(F)(F)F)c2c(N)nc(=O)n-2c1C. The van der Waals surface area contributed by atoms with Gasteiger partial charge < -0.3 is 10.5 Å². The van der Waals surface area contributed by atoms with E-state index in [1.54, 1.807) is 6.92 Å². The highest BCUT2D eigenvalue weighted by molar-refractivity contribution is 8.01. The maximum absolute atomic E-state index is 12.0. The second-order valence-corrected chi connectivity index (χ2v) is 7.10. The molecule has 0 aliphatic carbocycles. The van der Waals surface area contributed by atoms with E-state index >= 15 is 0 Å². The number of hydrogen-bond acceptors (Lipinski definition) is 6. The Kier molecular flexibility index (Phi) is 5.03. The monoisotopic (exact) mass is 353 g/mol. The lowest BCUT2D eigenvalue weighted by atomic mass is 10.4. The van der Waals surface area contributed by atoms with Gasteiger partial charge in [0.1, 0.15) is 12.3 Å². The van der Waals surface area contributed by atoms with E-state index in [4.69, 9.17) is 5.73 Å². The Labute approximate surface area is 132 Å². The third-order valence-corrected chi connectivity index (χ3v) is 5.29. The number of aryl methyl sites for hydroxylation is 1. The molecule has 122 valence electrons. The fourth-order valence-corrected chi connectivity index (χ4v) is 4.21. The predicted molar refractivity (Wildman–Crippen MR) is 80.4 cm³/mol. The molecule has 0 amide bonds. The van der Waals surface area contributed by atoms with Crippen LogP contribution in [0.2, 0.25) is 0 Å². The van der Waals surface area contributed by atoms with Crippen molar-refractivity contribution in [3.63, 3.8) is 0 Å². The van der Waals surface area contributed by atoms with Gasteiger partial charge >= 0.3 is 11.9 Å². The van der Waals surface area contributed by atoms with Crippen LogP contribution in [0.4, 0.5) is 19.0 Å². The number of aromatic nitrogens is 2. The van der Waals surface area contributed by atoms with Crippen molar-refractivity contribution in [2.75, 3.05) is 24.7 Å². The Bertz CT molecular complexity index is 696. The zero-order chi connectivity index (χ0) is 16.5. The first-order valence-electron chi connectivity index (χ1n) is 6.26. The zero-order valence-electron chi connectivity index (χ0n) is 11.9. The fourth-order valence-electron chi connectivity index (χ4n) is 1.82. The zero-order valence-corrected chi connectivity index (χ0v) is 13.5. The van der Waals surface area contributed by atoms with Crippen LogP contribution in [-0.2, 0) is 4.74 Å². The van der Waals surface area contributed by atoms with Gasteiger partial charge in [0.25, 0.3) is 0 Å². The summed E-state index contributed by atoms with van der Waals surface area (Å²) in [4.78, 5) is 16.5. The number of nitrogens with two attached hydrogens (primary N) is 1. The van der Waals surface area contributed by atoms with Crippen LogP contribution >= 0.6 is 23.1 Å². The summed E-state index contributed by atoms with van der Waals surface area (Å²) in [6, 6.07) is 0. The minimum atomic E-state index is -4.33. The van der Waals surface area contributed by atoms with Crippen LogP contribution in [0.15, 0.2) is 9.00 Å². The molecule has 0 aromatic heterocycles. The van der Waals surface area contributed by atoms with Crippen LogP contribution in [0.25, 0.3) is 5.69 Å². The van der Waals surface area contributed by atoms with Gasteiger partial charge in [0.15, 0.2) is 5.82 Å². The van der Waals surface area contributed by atoms with E-state index in [0.29, 0.717) is 11.4 Å². The van der Waals surface area contributed by atoms with E-state index in [1.807, 2.05) is 6.92 Å². The van der Waals surface area contributed by atoms with E-state index in [-0.39, 0.29) is 12.4 Å². The Morgan fingerprint density at radius 1 is 1.41 bits per heavy atom. The number of hydrogen-bond donors (Lipinski definition) is 1. The standard InChI is InChI=1S/C12H14F3N3O2S2/c1-6-7(2)22-10(8-9(16)17-11(19)18(6)8)21-4-3-20-5-12(13,14)15/h3-5H2,1-2H3,(H2,16,17,19).